The van der Waals surface area contributed by atoms with E-state index in [-0.39, 0.29) is 12.0 Å². The van der Waals surface area contributed by atoms with Crippen LogP contribution in [0.1, 0.15) is 19.3 Å². The fourth-order valence-electron chi connectivity index (χ4n) is 2.05. The number of carbonyl (C=O) groups is 1. The SMILES string of the molecule is O=C1CC(N2CC(O)C2)CCCN1. The molecule has 0 saturated carbocycles. The summed E-state index contributed by atoms with van der Waals surface area (Å²) in [5, 5.41) is 12.0. The number of carbonyl (C=O) groups excluding carboxylic acids is 1. The molecule has 2 N–H and O–H groups in total. The summed E-state index contributed by atoms with van der Waals surface area (Å²) >= 11 is 0. The molecule has 1 atom stereocenters. The van der Waals surface area contributed by atoms with Crippen molar-refractivity contribution in [3.05, 3.63) is 0 Å². The van der Waals surface area contributed by atoms with Gasteiger partial charge in [-0.1, -0.05) is 0 Å². The van der Waals surface area contributed by atoms with Gasteiger partial charge in [0.1, 0.15) is 0 Å². The Morgan fingerprint density at radius 3 is 2.92 bits per heavy atom. The number of rotatable bonds is 1. The number of aliphatic hydroxyl groups is 1. The van der Waals surface area contributed by atoms with Gasteiger partial charge in [0.25, 0.3) is 0 Å². The van der Waals surface area contributed by atoms with Crippen LogP contribution in [0.4, 0.5) is 0 Å². The summed E-state index contributed by atoms with van der Waals surface area (Å²) in [6, 6.07) is 0.367. The molecule has 1 unspecified atom stereocenters. The molecule has 0 aliphatic carbocycles. The molecule has 4 heteroatoms. The monoisotopic (exact) mass is 184 g/mol. The number of aliphatic hydroxyl groups excluding tert-OH is 1. The summed E-state index contributed by atoms with van der Waals surface area (Å²) < 4.78 is 0. The fraction of sp³-hybridized carbons (Fsp3) is 0.889. The Morgan fingerprint density at radius 2 is 2.23 bits per heavy atom. The van der Waals surface area contributed by atoms with Crippen LogP contribution in [0.25, 0.3) is 0 Å². The first-order valence-electron chi connectivity index (χ1n) is 4.94. The van der Waals surface area contributed by atoms with Gasteiger partial charge in [-0.2, -0.15) is 0 Å². The molecule has 2 rings (SSSR count). The van der Waals surface area contributed by atoms with E-state index < -0.39 is 0 Å². The van der Waals surface area contributed by atoms with Crippen LogP contribution in [-0.2, 0) is 4.79 Å². The number of hydrogen-bond donors (Lipinski definition) is 2. The summed E-state index contributed by atoms with van der Waals surface area (Å²) in [6.45, 7) is 2.31. The Hall–Kier alpha value is -0.610. The molecule has 74 valence electrons. The van der Waals surface area contributed by atoms with E-state index in [0.717, 1.165) is 32.5 Å². The molecule has 0 radical (unpaired) electrons. The van der Waals surface area contributed by atoms with E-state index in [1.807, 2.05) is 0 Å². The molecule has 0 aromatic rings. The molecule has 2 heterocycles. The smallest absolute Gasteiger partial charge is 0.221 e. The third-order valence-electron chi connectivity index (χ3n) is 2.86. The standard InChI is InChI=1S/C9H16N2O2/c12-8-5-11(6-8)7-2-1-3-10-9(13)4-7/h7-8,12H,1-6H2,(H,10,13). The van der Waals surface area contributed by atoms with Gasteiger partial charge in [0.15, 0.2) is 0 Å². The van der Waals surface area contributed by atoms with Gasteiger partial charge in [-0.3, -0.25) is 9.69 Å². The Labute approximate surface area is 77.9 Å². The second kappa shape index (κ2) is 3.64. The van der Waals surface area contributed by atoms with Gasteiger partial charge >= 0.3 is 0 Å². The van der Waals surface area contributed by atoms with Crippen molar-refractivity contribution in [2.45, 2.75) is 31.4 Å². The average Bonchev–Trinajstić information content (AvgIpc) is 2.24. The number of nitrogens with zero attached hydrogens (tertiary/aromatic N) is 1. The van der Waals surface area contributed by atoms with Crippen molar-refractivity contribution in [3.8, 4) is 0 Å². The van der Waals surface area contributed by atoms with Crippen molar-refractivity contribution in [1.29, 1.82) is 0 Å². The second-order valence-corrected chi connectivity index (χ2v) is 3.96. The van der Waals surface area contributed by atoms with Gasteiger partial charge in [-0.05, 0) is 12.8 Å². The van der Waals surface area contributed by atoms with Crippen molar-refractivity contribution >= 4 is 5.91 Å². The quantitative estimate of drug-likeness (QED) is 0.568. The Morgan fingerprint density at radius 1 is 1.46 bits per heavy atom. The predicted octanol–water partition coefficient (Wildman–Crippen LogP) is -0.668. The first-order valence-corrected chi connectivity index (χ1v) is 4.94. The second-order valence-electron chi connectivity index (χ2n) is 3.96. The highest BCUT2D eigenvalue weighted by molar-refractivity contribution is 5.76. The molecule has 0 spiro atoms. The van der Waals surface area contributed by atoms with Crippen molar-refractivity contribution in [2.75, 3.05) is 19.6 Å². The molecule has 0 aromatic carbocycles. The zero-order valence-corrected chi connectivity index (χ0v) is 7.70. The number of amides is 1. The normalized spacial score (nSPS) is 32.1. The summed E-state index contributed by atoms with van der Waals surface area (Å²) in [5.41, 5.74) is 0. The zero-order chi connectivity index (χ0) is 9.26. The first-order chi connectivity index (χ1) is 6.25. The van der Waals surface area contributed by atoms with Gasteiger partial charge in [-0.25, -0.2) is 0 Å². The molecular weight excluding hydrogens is 168 g/mol. The summed E-state index contributed by atoms with van der Waals surface area (Å²) in [5.74, 6) is 0.156. The molecule has 2 saturated heterocycles. The van der Waals surface area contributed by atoms with E-state index in [9.17, 15) is 4.79 Å². The van der Waals surface area contributed by atoms with Crippen LogP contribution < -0.4 is 5.32 Å². The van der Waals surface area contributed by atoms with E-state index in [1.54, 1.807) is 0 Å². The Kier molecular flexibility index (Phi) is 2.51. The van der Waals surface area contributed by atoms with Gasteiger partial charge in [-0.15, -0.1) is 0 Å². The highest BCUT2D eigenvalue weighted by Gasteiger charge is 2.32. The molecule has 4 nitrogen and oxygen atoms in total. The van der Waals surface area contributed by atoms with Crippen LogP contribution in [0, 0.1) is 0 Å². The maximum atomic E-state index is 11.2. The summed E-state index contributed by atoms with van der Waals surface area (Å²) in [7, 11) is 0. The van der Waals surface area contributed by atoms with Crippen molar-refractivity contribution in [3.63, 3.8) is 0 Å². The third-order valence-corrected chi connectivity index (χ3v) is 2.86. The Balaban J connectivity index is 1.86. The molecule has 13 heavy (non-hydrogen) atoms. The number of nitrogens with one attached hydrogen (secondary N) is 1. The molecular formula is C9H16N2O2. The molecule has 2 aliphatic heterocycles. The van der Waals surface area contributed by atoms with Gasteiger partial charge < -0.3 is 10.4 Å². The van der Waals surface area contributed by atoms with E-state index in [0.29, 0.717) is 12.5 Å². The number of β-amino-alcohol motifs (C(OH)–C–C–N with tert-alkyl or cyclic N) is 1. The lowest BCUT2D eigenvalue weighted by Gasteiger charge is -2.41. The molecule has 1 amide bonds. The topological polar surface area (TPSA) is 52.6 Å². The van der Waals surface area contributed by atoms with E-state index >= 15 is 0 Å². The van der Waals surface area contributed by atoms with E-state index in [4.69, 9.17) is 5.11 Å². The van der Waals surface area contributed by atoms with Crippen LogP contribution in [0.15, 0.2) is 0 Å². The minimum atomic E-state index is -0.161. The average molecular weight is 184 g/mol. The lowest BCUT2D eigenvalue weighted by atomic mass is 10.0. The van der Waals surface area contributed by atoms with Crippen molar-refractivity contribution in [2.24, 2.45) is 0 Å². The maximum absolute atomic E-state index is 11.2. The maximum Gasteiger partial charge on any atom is 0.221 e. The van der Waals surface area contributed by atoms with Crippen LogP contribution >= 0.6 is 0 Å². The van der Waals surface area contributed by atoms with Crippen molar-refractivity contribution < 1.29 is 9.90 Å². The first kappa shape index (κ1) is 8.97. The lowest BCUT2D eigenvalue weighted by molar-refractivity contribution is -0.123. The highest BCUT2D eigenvalue weighted by Crippen LogP contribution is 2.19. The fourth-order valence-corrected chi connectivity index (χ4v) is 2.05. The highest BCUT2D eigenvalue weighted by atomic mass is 16.3. The predicted molar refractivity (Wildman–Crippen MR) is 48.2 cm³/mol. The number of likely N-dealkylation sites (tertiary alicyclic amines) is 1. The summed E-state index contributed by atoms with van der Waals surface area (Å²) in [4.78, 5) is 13.4. The van der Waals surface area contributed by atoms with Crippen LogP contribution in [0.5, 0.6) is 0 Å². The zero-order valence-electron chi connectivity index (χ0n) is 7.70. The van der Waals surface area contributed by atoms with E-state index in [1.165, 1.54) is 0 Å². The van der Waals surface area contributed by atoms with Crippen LogP contribution in [0.3, 0.4) is 0 Å². The van der Waals surface area contributed by atoms with Gasteiger partial charge in [0.05, 0.1) is 6.10 Å². The molecule has 0 aromatic heterocycles. The lowest BCUT2D eigenvalue weighted by Crippen LogP contribution is -2.55. The molecule has 2 aliphatic rings. The Bertz CT molecular complexity index is 202. The summed E-state index contributed by atoms with van der Waals surface area (Å²) in [6.07, 6.45) is 2.58. The minimum Gasteiger partial charge on any atom is -0.390 e. The number of hydrogen-bond acceptors (Lipinski definition) is 3. The molecule has 0 bridgehead atoms. The third kappa shape index (κ3) is 2.00. The van der Waals surface area contributed by atoms with Crippen LogP contribution in [0.2, 0.25) is 0 Å². The largest absolute Gasteiger partial charge is 0.390 e. The van der Waals surface area contributed by atoms with E-state index in [2.05, 4.69) is 10.2 Å². The molecule has 2 fully saturated rings. The minimum absolute atomic E-state index is 0.156. The van der Waals surface area contributed by atoms with Gasteiger partial charge in [0.2, 0.25) is 5.91 Å². The van der Waals surface area contributed by atoms with Gasteiger partial charge in [0, 0.05) is 32.1 Å². The van der Waals surface area contributed by atoms with Crippen LogP contribution in [-0.4, -0.2) is 47.7 Å². The van der Waals surface area contributed by atoms with Crippen molar-refractivity contribution in [1.82, 2.24) is 10.2 Å².